The first kappa shape index (κ1) is 20.6. The Balaban J connectivity index is 0.00000441. The van der Waals surface area contributed by atoms with Crippen LogP contribution in [-0.4, -0.2) is 53.4 Å². The summed E-state index contributed by atoms with van der Waals surface area (Å²) >= 11 is 0. The van der Waals surface area contributed by atoms with Gasteiger partial charge in [0.05, 0.1) is 20.1 Å². The third kappa shape index (κ3) is 7.57. The van der Waals surface area contributed by atoms with E-state index in [2.05, 4.69) is 30.6 Å². The Morgan fingerprint density at radius 2 is 2.18 bits per heavy atom. The Morgan fingerprint density at radius 3 is 2.82 bits per heavy atom. The molecular weight excluding hydrogens is 399 g/mol. The fraction of sp³-hybridized carbons (Fsp3) is 0.692. The fourth-order valence-electron chi connectivity index (χ4n) is 1.74. The zero-order chi connectivity index (χ0) is 15.5. The molecule has 0 aliphatic rings. The van der Waals surface area contributed by atoms with Gasteiger partial charge in [-0.1, -0.05) is 6.92 Å². The van der Waals surface area contributed by atoms with E-state index < -0.39 is 0 Å². The van der Waals surface area contributed by atoms with Crippen LogP contribution in [0.25, 0.3) is 0 Å². The lowest BCUT2D eigenvalue weighted by molar-refractivity contribution is -0.140. The van der Waals surface area contributed by atoms with Crippen LogP contribution in [0.1, 0.15) is 26.1 Å². The zero-order valence-electron chi connectivity index (χ0n) is 13.3. The quantitative estimate of drug-likeness (QED) is 0.275. The molecule has 1 heterocycles. The van der Waals surface area contributed by atoms with Crippen molar-refractivity contribution in [3.05, 3.63) is 12.2 Å². The van der Waals surface area contributed by atoms with Crippen LogP contribution in [0, 0.1) is 0 Å². The summed E-state index contributed by atoms with van der Waals surface area (Å²) < 4.78 is 6.59. The number of nitrogens with one attached hydrogen (secondary N) is 2. The van der Waals surface area contributed by atoms with E-state index >= 15 is 0 Å². The zero-order valence-corrected chi connectivity index (χ0v) is 15.7. The number of aliphatic imine (C=N–C) groups is 1. The molecule has 8 nitrogen and oxygen atoms in total. The highest BCUT2D eigenvalue weighted by molar-refractivity contribution is 14.0. The maximum Gasteiger partial charge on any atom is 0.307 e. The predicted octanol–water partition coefficient (Wildman–Crippen LogP) is 0.577. The number of rotatable bonds is 8. The van der Waals surface area contributed by atoms with E-state index in [0.717, 1.165) is 25.3 Å². The van der Waals surface area contributed by atoms with Crippen molar-refractivity contribution < 1.29 is 9.53 Å². The normalized spacial score (nSPS) is 10.8. The molecule has 22 heavy (non-hydrogen) atoms. The average Bonchev–Trinajstić information content (AvgIpc) is 2.94. The molecule has 0 saturated heterocycles. The maximum absolute atomic E-state index is 11.0. The van der Waals surface area contributed by atoms with Crippen molar-refractivity contribution in [3.8, 4) is 0 Å². The molecule has 0 saturated carbocycles. The van der Waals surface area contributed by atoms with Gasteiger partial charge in [-0.05, 0) is 6.92 Å². The summed E-state index contributed by atoms with van der Waals surface area (Å²) in [5.41, 5.74) is 0. The number of aryl methyl sites for hydroxylation is 1. The van der Waals surface area contributed by atoms with Crippen molar-refractivity contribution in [2.45, 2.75) is 33.2 Å². The monoisotopic (exact) mass is 424 g/mol. The van der Waals surface area contributed by atoms with Gasteiger partial charge in [0.2, 0.25) is 0 Å². The van der Waals surface area contributed by atoms with Crippen LogP contribution >= 0.6 is 24.0 Å². The van der Waals surface area contributed by atoms with E-state index in [1.807, 2.05) is 18.4 Å². The summed E-state index contributed by atoms with van der Waals surface area (Å²) in [6.07, 6.45) is 2.85. The summed E-state index contributed by atoms with van der Waals surface area (Å²) in [4.78, 5) is 15.4. The minimum atomic E-state index is -0.258. The Bertz CT molecular complexity index is 463. The van der Waals surface area contributed by atoms with Gasteiger partial charge in [0.15, 0.2) is 5.96 Å². The molecule has 0 fully saturated rings. The number of carbonyl (C=O) groups is 1. The summed E-state index contributed by atoms with van der Waals surface area (Å²) in [6, 6.07) is 0. The molecule has 0 aliphatic heterocycles. The first-order valence-corrected chi connectivity index (χ1v) is 7.16. The molecule has 0 spiro atoms. The van der Waals surface area contributed by atoms with Crippen molar-refractivity contribution in [1.82, 2.24) is 25.4 Å². The second kappa shape index (κ2) is 12.2. The summed E-state index contributed by atoms with van der Waals surface area (Å²) in [7, 11) is 1.37. The molecule has 0 amide bonds. The maximum atomic E-state index is 11.0. The largest absolute Gasteiger partial charge is 0.469 e. The minimum absolute atomic E-state index is 0. The molecule has 0 aliphatic carbocycles. The summed E-state index contributed by atoms with van der Waals surface area (Å²) in [5.74, 6) is 1.39. The van der Waals surface area contributed by atoms with Crippen molar-refractivity contribution in [2.75, 3.05) is 26.7 Å². The molecule has 0 bridgehead atoms. The Kier molecular flexibility index (Phi) is 11.4. The lowest BCUT2D eigenvalue weighted by atomic mass is 10.4. The van der Waals surface area contributed by atoms with Gasteiger partial charge in [-0.15, -0.1) is 34.2 Å². The molecule has 1 aromatic rings. The van der Waals surface area contributed by atoms with Gasteiger partial charge < -0.3 is 19.9 Å². The van der Waals surface area contributed by atoms with Gasteiger partial charge >= 0.3 is 5.97 Å². The standard InChI is InChI=1S/C13H24N6O2.HI/c1-4-11-18-17-10-19(11)9-8-16-13(14-5-2)15-7-6-12(20)21-3;/h10H,4-9H2,1-3H3,(H2,14,15,16);1H. The molecule has 0 radical (unpaired) electrons. The number of esters is 1. The Morgan fingerprint density at radius 1 is 1.41 bits per heavy atom. The number of hydrogen-bond donors (Lipinski definition) is 2. The molecule has 126 valence electrons. The number of halogens is 1. The molecule has 2 N–H and O–H groups in total. The number of carbonyl (C=O) groups excluding carboxylic acids is 1. The molecule has 0 unspecified atom stereocenters. The van der Waals surface area contributed by atoms with Crippen LogP contribution in [0.5, 0.6) is 0 Å². The van der Waals surface area contributed by atoms with Gasteiger partial charge in [-0.3, -0.25) is 9.79 Å². The average molecular weight is 424 g/mol. The lowest BCUT2D eigenvalue weighted by Gasteiger charge is -2.12. The van der Waals surface area contributed by atoms with Crippen LogP contribution in [0.3, 0.4) is 0 Å². The van der Waals surface area contributed by atoms with Crippen molar-refractivity contribution in [3.63, 3.8) is 0 Å². The van der Waals surface area contributed by atoms with E-state index in [-0.39, 0.29) is 36.4 Å². The smallest absolute Gasteiger partial charge is 0.307 e. The van der Waals surface area contributed by atoms with Crippen molar-refractivity contribution in [2.24, 2.45) is 4.99 Å². The van der Waals surface area contributed by atoms with E-state index in [1.165, 1.54) is 7.11 Å². The molecule has 1 rings (SSSR count). The SMILES string of the molecule is CCNC(=NCCC(=O)OC)NCCn1cnnc1CC.I. The summed E-state index contributed by atoms with van der Waals surface area (Å²) in [6.45, 7) is 6.66. The minimum Gasteiger partial charge on any atom is -0.469 e. The van der Waals surface area contributed by atoms with Gasteiger partial charge in [0, 0.05) is 26.1 Å². The number of ether oxygens (including phenoxy) is 1. The third-order valence-corrected chi connectivity index (χ3v) is 2.81. The number of nitrogens with zero attached hydrogens (tertiary/aromatic N) is 4. The topological polar surface area (TPSA) is 93.4 Å². The number of guanidine groups is 1. The van der Waals surface area contributed by atoms with Gasteiger partial charge in [0.1, 0.15) is 12.2 Å². The van der Waals surface area contributed by atoms with E-state index in [4.69, 9.17) is 0 Å². The predicted molar refractivity (Wildman–Crippen MR) is 95.4 cm³/mol. The van der Waals surface area contributed by atoms with Gasteiger partial charge in [-0.25, -0.2) is 0 Å². The van der Waals surface area contributed by atoms with Crippen LogP contribution in [0.2, 0.25) is 0 Å². The summed E-state index contributed by atoms with van der Waals surface area (Å²) in [5, 5.41) is 14.3. The first-order chi connectivity index (χ1) is 10.2. The molecule has 9 heteroatoms. The van der Waals surface area contributed by atoms with Crippen LogP contribution in [0.4, 0.5) is 0 Å². The first-order valence-electron chi connectivity index (χ1n) is 7.16. The molecule has 1 aromatic heterocycles. The fourth-order valence-corrected chi connectivity index (χ4v) is 1.74. The number of aromatic nitrogens is 3. The van der Waals surface area contributed by atoms with E-state index in [0.29, 0.717) is 19.0 Å². The van der Waals surface area contributed by atoms with E-state index in [1.54, 1.807) is 6.33 Å². The Labute approximate surface area is 148 Å². The molecule has 0 atom stereocenters. The highest BCUT2D eigenvalue weighted by Gasteiger charge is 2.03. The number of methoxy groups -OCH3 is 1. The molecule has 0 aromatic carbocycles. The van der Waals surface area contributed by atoms with Gasteiger partial charge in [0.25, 0.3) is 0 Å². The van der Waals surface area contributed by atoms with Crippen molar-refractivity contribution in [1.29, 1.82) is 0 Å². The van der Waals surface area contributed by atoms with Gasteiger partial charge in [-0.2, -0.15) is 0 Å². The third-order valence-electron chi connectivity index (χ3n) is 2.81. The second-order valence-electron chi connectivity index (χ2n) is 4.31. The van der Waals surface area contributed by atoms with Crippen LogP contribution in [0.15, 0.2) is 11.3 Å². The molecular formula is C13H25IN6O2. The van der Waals surface area contributed by atoms with Crippen molar-refractivity contribution >= 4 is 35.9 Å². The second-order valence-corrected chi connectivity index (χ2v) is 4.31. The highest BCUT2D eigenvalue weighted by atomic mass is 127. The number of hydrogen-bond acceptors (Lipinski definition) is 5. The lowest BCUT2D eigenvalue weighted by Crippen LogP contribution is -2.39. The van der Waals surface area contributed by atoms with Crippen LogP contribution < -0.4 is 10.6 Å². The highest BCUT2D eigenvalue weighted by Crippen LogP contribution is 1.94. The van der Waals surface area contributed by atoms with E-state index in [9.17, 15) is 4.79 Å². The van der Waals surface area contributed by atoms with Crippen LogP contribution in [-0.2, 0) is 22.5 Å². The Hall–Kier alpha value is -1.39.